The molecule has 1 atom stereocenters. The lowest BCUT2D eigenvalue weighted by atomic mass is 10.1. The molecule has 0 bridgehead atoms. The standard InChI is InChI=1S/C19H23N3O4/c1-14-20-17(19(21(14)2)22(23)24)11-10-15-6-8-16(9-7-15)13-26-18-5-3-4-12-25-18/h6-11,18H,3-5,12-13H2,1-2H3/b11-10+. The van der Waals surface area contributed by atoms with E-state index < -0.39 is 4.92 Å². The van der Waals surface area contributed by atoms with Gasteiger partial charge in [-0.15, -0.1) is 0 Å². The molecule has 2 aromatic rings. The van der Waals surface area contributed by atoms with E-state index in [4.69, 9.17) is 9.47 Å². The number of hydrogen-bond donors (Lipinski definition) is 0. The Bertz CT molecular complexity index is 790. The molecule has 1 aliphatic rings. The molecule has 1 saturated heterocycles. The van der Waals surface area contributed by atoms with Crippen molar-refractivity contribution in [2.75, 3.05) is 6.61 Å². The van der Waals surface area contributed by atoms with Crippen LogP contribution in [0.15, 0.2) is 24.3 Å². The third-order valence-electron chi connectivity index (χ3n) is 4.47. The maximum absolute atomic E-state index is 11.2. The summed E-state index contributed by atoms with van der Waals surface area (Å²) in [5.74, 6) is 0.602. The first-order valence-electron chi connectivity index (χ1n) is 8.72. The Hall–Kier alpha value is -2.51. The summed E-state index contributed by atoms with van der Waals surface area (Å²) >= 11 is 0. The minimum absolute atomic E-state index is 0.00347. The van der Waals surface area contributed by atoms with Crippen molar-refractivity contribution < 1.29 is 14.4 Å². The van der Waals surface area contributed by atoms with Gasteiger partial charge in [-0.3, -0.25) is 0 Å². The minimum atomic E-state index is -0.409. The molecule has 3 rings (SSSR count). The van der Waals surface area contributed by atoms with Crippen LogP contribution in [-0.2, 0) is 23.1 Å². The molecule has 0 aliphatic carbocycles. The predicted molar refractivity (Wildman–Crippen MR) is 98.3 cm³/mol. The largest absolute Gasteiger partial charge is 0.358 e. The van der Waals surface area contributed by atoms with Gasteiger partial charge in [0.15, 0.2) is 17.8 Å². The van der Waals surface area contributed by atoms with Crippen LogP contribution in [-0.4, -0.2) is 27.4 Å². The van der Waals surface area contributed by atoms with E-state index in [-0.39, 0.29) is 12.1 Å². The molecule has 1 unspecified atom stereocenters. The lowest BCUT2D eigenvalue weighted by molar-refractivity contribution is -0.392. The second-order valence-corrected chi connectivity index (χ2v) is 6.37. The van der Waals surface area contributed by atoms with Crippen molar-refractivity contribution in [2.45, 2.75) is 39.1 Å². The number of imidazole rings is 1. The summed E-state index contributed by atoms with van der Waals surface area (Å²) in [5.41, 5.74) is 2.37. The normalized spacial score (nSPS) is 17.7. The fourth-order valence-corrected chi connectivity index (χ4v) is 2.88. The van der Waals surface area contributed by atoms with Crippen LogP contribution in [0.1, 0.15) is 41.9 Å². The van der Waals surface area contributed by atoms with Crippen LogP contribution in [0.25, 0.3) is 12.2 Å². The van der Waals surface area contributed by atoms with Crippen molar-refractivity contribution in [3.63, 3.8) is 0 Å². The second kappa shape index (κ2) is 8.25. The SMILES string of the molecule is Cc1nc(/C=C/c2ccc(COC3CCCCO3)cc2)c([N+](=O)[O-])n1C. The molecular weight excluding hydrogens is 334 g/mol. The highest BCUT2D eigenvalue weighted by atomic mass is 16.7. The van der Waals surface area contributed by atoms with Gasteiger partial charge in [-0.1, -0.05) is 30.3 Å². The van der Waals surface area contributed by atoms with Gasteiger partial charge in [-0.05, 0) is 41.4 Å². The van der Waals surface area contributed by atoms with Crippen LogP contribution in [0.5, 0.6) is 0 Å². The zero-order valence-corrected chi connectivity index (χ0v) is 15.1. The summed E-state index contributed by atoms with van der Waals surface area (Å²) < 4.78 is 12.8. The molecular formula is C19H23N3O4. The molecule has 0 N–H and O–H groups in total. The van der Waals surface area contributed by atoms with Gasteiger partial charge in [-0.2, -0.15) is 0 Å². The van der Waals surface area contributed by atoms with Crippen LogP contribution < -0.4 is 0 Å². The first-order chi connectivity index (χ1) is 12.5. The molecule has 1 aliphatic heterocycles. The number of ether oxygens (including phenoxy) is 2. The third kappa shape index (κ3) is 4.36. The highest BCUT2D eigenvalue weighted by molar-refractivity contribution is 5.71. The minimum Gasteiger partial charge on any atom is -0.358 e. The molecule has 0 radical (unpaired) electrons. The molecule has 1 fully saturated rings. The summed E-state index contributed by atoms with van der Waals surface area (Å²) in [5, 5.41) is 11.2. The predicted octanol–water partition coefficient (Wildman–Crippen LogP) is 3.85. The van der Waals surface area contributed by atoms with Gasteiger partial charge in [0.05, 0.1) is 13.7 Å². The fourth-order valence-electron chi connectivity index (χ4n) is 2.88. The van der Waals surface area contributed by atoms with Crippen LogP contribution in [0.4, 0.5) is 5.82 Å². The zero-order chi connectivity index (χ0) is 18.5. The topological polar surface area (TPSA) is 79.4 Å². The van der Waals surface area contributed by atoms with E-state index in [2.05, 4.69) is 4.98 Å². The Kier molecular flexibility index (Phi) is 5.80. The van der Waals surface area contributed by atoms with Crippen molar-refractivity contribution in [1.82, 2.24) is 9.55 Å². The van der Waals surface area contributed by atoms with E-state index in [0.717, 1.165) is 37.0 Å². The number of aryl methyl sites for hydroxylation is 1. The molecule has 7 nitrogen and oxygen atoms in total. The van der Waals surface area contributed by atoms with E-state index in [9.17, 15) is 10.1 Å². The molecule has 26 heavy (non-hydrogen) atoms. The first kappa shape index (κ1) is 18.3. The molecule has 0 saturated carbocycles. The first-order valence-corrected chi connectivity index (χ1v) is 8.72. The van der Waals surface area contributed by atoms with Crippen LogP contribution in [0, 0.1) is 17.0 Å². The smallest absolute Gasteiger partial charge is 0.350 e. The number of aromatic nitrogens is 2. The van der Waals surface area contributed by atoms with Gasteiger partial charge in [0, 0.05) is 13.5 Å². The molecule has 2 heterocycles. The molecule has 138 valence electrons. The third-order valence-corrected chi connectivity index (χ3v) is 4.47. The summed E-state index contributed by atoms with van der Waals surface area (Å²) in [6, 6.07) is 7.89. The highest BCUT2D eigenvalue weighted by Gasteiger charge is 2.20. The summed E-state index contributed by atoms with van der Waals surface area (Å²) in [7, 11) is 1.64. The molecule has 1 aromatic heterocycles. The maximum Gasteiger partial charge on any atom is 0.350 e. The summed E-state index contributed by atoms with van der Waals surface area (Å²) in [6.07, 6.45) is 6.60. The molecule has 7 heteroatoms. The second-order valence-electron chi connectivity index (χ2n) is 6.37. The Morgan fingerprint density at radius 2 is 2.12 bits per heavy atom. The van der Waals surface area contributed by atoms with Gasteiger partial charge in [0.25, 0.3) is 0 Å². The Balaban J connectivity index is 1.63. The van der Waals surface area contributed by atoms with Crippen LogP contribution >= 0.6 is 0 Å². The fraction of sp³-hybridized carbons (Fsp3) is 0.421. The zero-order valence-electron chi connectivity index (χ0n) is 15.1. The van der Waals surface area contributed by atoms with Crippen molar-refractivity contribution in [2.24, 2.45) is 7.05 Å². The van der Waals surface area contributed by atoms with E-state index >= 15 is 0 Å². The number of hydrogen-bond acceptors (Lipinski definition) is 5. The average molecular weight is 357 g/mol. The quantitative estimate of drug-likeness (QED) is 0.579. The number of benzene rings is 1. The van der Waals surface area contributed by atoms with Gasteiger partial charge < -0.3 is 19.6 Å². The lowest BCUT2D eigenvalue weighted by Crippen LogP contribution is -2.21. The highest BCUT2D eigenvalue weighted by Crippen LogP contribution is 2.21. The van der Waals surface area contributed by atoms with E-state index in [1.807, 2.05) is 30.3 Å². The molecule has 0 spiro atoms. The number of rotatable bonds is 6. The summed E-state index contributed by atoms with van der Waals surface area (Å²) in [4.78, 5) is 15.0. The Morgan fingerprint density at radius 1 is 1.35 bits per heavy atom. The van der Waals surface area contributed by atoms with E-state index in [1.54, 1.807) is 20.0 Å². The molecule has 0 amide bonds. The number of nitro groups is 1. The van der Waals surface area contributed by atoms with Crippen molar-refractivity contribution in [3.8, 4) is 0 Å². The average Bonchev–Trinajstić information content (AvgIpc) is 2.94. The molecule has 1 aromatic carbocycles. The van der Waals surface area contributed by atoms with Gasteiger partial charge in [-0.25, -0.2) is 9.55 Å². The van der Waals surface area contributed by atoms with E-state index in [0.29, 0.717) is 18.1 Å². The van der Waals surface area contributed by atoms with Crippen molar-refractivity contribution >= 4 is 18.0 Å². The van der Waals surface area contributed by atoms with Gasteiger partial charge in [0.2, 0.25) is 0 Å². The van der Waals surface area contributed by atoms with Gasteiger partial charge in [0.1, 0.15) is 0 Å². The Morgan fingerprint density at radius 3 is 2.77 bits per heavy atom. The maximum atomic E-state index is 11.2. The van der Waals surface area contributed by atoms with Crippen molar-refractivity contribution in [1.29, 1.82) is 0 Å². The van der Waals surface area contributed by atoms with Crippen LogP contribution in [0.3, 0.4) is 0 Å². The Labute approximate surface area is 152 Å². The van der Waals surface area contributed by atoms with E-state index in [1.165, 1.54) is 4.57 Å². The number of nitrogens with zero attached hydrogens (tertiary/aromatic N) is 3. The van der Waals surface area contributed by atoms with Crippen molar-refractivity contribution in [3.05, 3.63) is 57.0 Å². The van der Waals surface area contributed by atoms with Crippen LogP contribution in [0.2, 0.25) is 0 Å². The summed E-state index contributed by atoms with van der Waals surface area (Å²) in [6.45, 7) is 3.03. The van der Waals surface area contributed by atoms with Gasteiger partial charge >= 0.3 is 5.82 Å². The lowest BCUT2D eigenvalue weighted by Gasteiger charge is -2.22. The monoisotopic (exact) mass is 357 g/mol.